The Morgan fingerprint density at radius 3 is 2.18 bits per heavy atom. The van der Waals surface area contributed by atoms with Crippen molar-refractivity contribution < 1.29 is 19.2 Å². The highest BCUT2D eigenvalue weighted by Gasteiger charge is 2.33. The van der Waals surface area contributed by atoms with Crippen LogP contribution in [0.1, 0.15) is 18.1 Å². The third-order valence-electron chi connectivity index (χ3n) is 7.03. The fourth-order valence-corrected chi connectivity index (χ4v) is 4.92. The highest BCUT2D eigenvalue weighted by molar-refractivity contribution is 6.37. The molecule has 0 saturated carbocycles. The van der Waals surface area contributed by atoms with Crippen molar-refractivity contribution >= 4 is 29.1 Å². The molecule has 0 spiro atoms. The lowest BCUT2D eigenvalue weighted by atomic mass is 9.99. The molecule has 0 aliphatic carbocycles. The van der Waals surface area contributed by atoms with Gasteiger partial charge in [0.25, 0.3) is 5.91 Å². The van der Waals surface area contributed by atoms with Crippen LogP contribution in [0, 0.1) is 10.1 Å². The van der Waals surface area contributed by atoms with Gasteiger partial charge in [-0.3, -0.25) is 14.9 Å². The Hall–Kier alpha value is -6.03. The maximum absolute atomic E-state index is 14.0. The minimum absolute atomic E-state index is 0.169. The smallest absolute Gasteiger partial charge is 0.311 e. The second-order valence-electron chi connectivity index (χ2n) is 9.77. The number of hydrogen-bond acceptors (Lipinski definition) is 7. The van der Waals surface area contributed by atoms with Crippen molar-refractivity contribution in [3.63, 3.8) is 0 Å². The van der Waals surface area contributed by atoms with Gasteiger partial charge in [0.2, 0.25) is 0 Å². The van der Waals surface area contributed by atoms with Crippen LogP contribution in [0.5, 0.6) is 11.5 Å². The number of nitro groups is 1. The zero-order chi connectivity index (χ0) is 30.6. The summed E-state index contributed by atoms with van der Waals surface area (Å²) in [5, 5.41) is 22.9. The fourth-order valence-electron chi connectivity index (χ4n) is 4.92. The molecule has 2 heterocycles. The summed E-state index contributed by atoms with van der Waals surface area (Å²) >= 11 is 0. The highest BCUT2D eigenvalue weighted by Crippen LogP contribution is 2.36. The van der Waals surface area contributed by atoms with Gasteiger partial charge < -0.3 is 9.47 Å². The van der Waals surface area contributed by atoms with Crippen LogP contribution in [0.15, 0.2) is 120 Å². The van der Waals surface area contributed by atoms with Crippen molar-refractivity contribution in [1.82, 2.24) is 9.78 Å². The van der Waals surface area contributed by atoms with E-state index in [1.54, 1.807) is 43.1 Å². The van der Waals surface area contributed by atoms with Gasteiger partial charge in [-0.25, -0.2) is 4.68 Å². The molecule has 1 aromatic heterocycles. The Bertz CT molecular complexity index is 1900. The summed E-state index contributed by atoms with van der Waals surface area (Å²) in [6.07, 6.45) is 3.53. The molecular weight excluding hydrogens is 558 g/mol. The summed E-state index contributed by atoms with van der Waals surface area (Å²) in [6, 6.07) is 30.7. The average Bonchev–Trinajstić information content (AvgIpc) is 3.63. The molecule has 1 aliphatic rings. The number of para-hydroxylation sites is 2. The first-order valence-electron chi connectivity index (χ1n) is 13.9. The second-order valence-corrected chi connectivity index (χ2v) is 9.77. The minimum atomic E-state index is -0.479. The fraction of sp³-hybridized carbons (Fsp3) is 0.0882. The maximum atomic E-state index is 14.0. The van der Waals surface area contributed by atoms with Gasteiger partial charge in [-0.15, -0.1) is 0 Å². The number of benzene rings is 4. The number of ether oxygens (including phenoxy) is 2. The lowest BCUT2D eigenvalue weighted by Gasteiger charge is -2.10. The van der Waals surface area contributed by atoms with Crippen LogP contribution >= 0.6 is 0 Å². The monoisotopic (exact) mass is 585 g/mol. The van der Waals surface area contributed by atoms with E-state index in [1.807, 2.05) is 84.9 Å². The molecule has 6 rings (SSSR count). The quantitative estimate of drug-likeness (QED) is 0.108. The molecule has 1 amide bonds. The number of hydrogen-bond donors (Lipinski definition) is 0. The maximum Gasteiger partial charge on any atom is 0.311 e. The molecule has 0 N–H and O–H groups in total. The molecule has 0 fully saturated rings. The summed E-state index contributed by atoms with van der Waals surface area (Å²) in [7, 11) is 1.59. The number of methoxy groups -OCH3 is 1. The molecule has 1 aliphatic heterocycles. The lowest BCUT2D eigenvalue weighted by molar-refractivity contribution is -0.385. The van der Waals surface area contributed by atoms with Crippen LogP contribution in [-0.2, 0) is 4.79 Å². The molecule has 0 unspecified atom stereocenters. The largest absolute Gasteiger partial charge is 0.497 e. The van der Waals surface area contributed by atoms with E-state index < -0.39 is 4.92 Å². The van der Waals surface area contributed by atoms with E-state index in [9.17, 15) is 14.9 Å². The van der Waals surface area contributed by atoms with Crippen LogP contribution < -0.4 is 14.5 Å². The third-order valence-corrected chi connectivity index (χ3v) is 7.03. The van der Waals surface area contributed by atoms with Crippen LogP contribution in [0.2, 0.25) is 0 Å². The van der Waals surface area contributed by atoms with Gasteiger partial charge in [-0.1, -0.05) is 36.4 Å². The summed E-state index contributed by atoms with van der Waals surface area (Å²) in [5.41, 5.74) is 4.28. The van der Waals surface area contributed by atoms with Crippen molar-refractivity contribution in [2.45, 2.75) is 6.92 Å². The first kappa shape index (κ1) is 28.1. The van der Waals surface area contributed by atoms with Gasteiger partial charge in [0, 0.05) is 29.0 Å². The summed E-state index contributed by atoms with van der Waals surface area (Å²) < 4.78 is 12.5. The van der Waals surface area contributed by atoms with Gasteiger partial charge in [-0.05, 0) is 73.7 Å². The van der Waals surface area contributed by atoms with Crippen molar-refractivity contribution in [2.24, 2.45) is 5.10 Å². The molecule has 5 aromatic rings. The molecule has 4 aromatic carbocycles. The molecule has 10 nitrogen and oxygen atoms in total. The standard InChI is InChI=1S/C34H27N5O5/c1-3-44-31-19-16-24(21-30(31)39(41)42)32-25(22-37(35-32)26-10-6-4-7-11-26)20-29-33(23-14-17-28(43-2)18-15-23)36-38(34(29)40)27-12-8-5-9-13-27/h4-22H,3H2,1-2H3. The summed E-state index contributed by atoms with van der Waals surface area (Å²) in [5.74, 6) is 0.521. The second kappa shape index (κ2) is 12.1. The van der Waals surface area contributed by atoms with E-state index in [1.165, 1.54) is 11.1 Å². The van der Waals surface area contributed by atoms with Crippen molar-refractivity contribution in [2.75, 3.05) is 18.7 Å². The zero-order valence-electron chi connectivity index (χ0n) is 24.0. The molecule has 0 saturated heterocycles. The topological polar surface area (TPSA) is 112 Å². The number of carbonyl (C=O) groups is 1. The van der Waals surface area contributed by atoms with Crippen molar-refractivity contribution in [3.8, 4) is 28.4 Å². The number of anilines is 1. The Morgan fingerprint density at radius 2 is 1.55 bits per heavy atom. The van der Waals surface area contributed by atoms with Crippen molar-refractivity contribution in [1.29, 1.82) is 0 Å². The van der Waals surface area contributed by atoms with Gasteiger partial charge in [0.15, 0.2) is 5.75 Å². The van der Waals surface area contributed by atoms with E-state index in [0.29, 0.717) is 39.5 Å². The molecule has 0 radical (unpaired) electrons. The number of carbonyl (C=O) groups excluding carboxylic acids is 1. The van der Waals surface area contributed by atoms with Crippen molar-refractivity contribution in [3.05, 3.63) is 136 Å². The molecule has 218 valence electrons. The van der Waals surface area contributed by atoms with E-state index in [0.717, 1.165) is 11.3 Å². The van der Waals surface area contributed by atoms with Gasteiger partial charge >= 0.3 is 5.69 Å². The predicted molar refractivity (Wildman–Crippen MR) is 168 cm³/mol. The van der Waals surface area contributed by atoms with Crippen LogP contribution in [0.4, 0.5) is 11.4 Å². The number of nitro benzene ring substituents is 1. The van der Waals surface area contributed by atoms with E-state index in [2.05, 4.69) is 0 Å². The first-order chi connectivity index (χ1) is 21.5. The predicted octanol–water partition coefficient (Wildman–Crippen LogP) is 6.69. The number of hydrazone groups is 1. The van der Waals surface area contributed by atoms with E-state index in [-0.39, 0.29) is 24.0 Å². The Kier molecular flexibility index (Phi) is 7.71. The summed E-state index contributed by atoms with van der Waals surface area (Å²) in [6.45, 7) is 2.05. The normalized spacial score (nSPS) is 13.7. The van der Waals surface area contributed by atoms with Gasteiger partial charge in [0.1, 0.15) is 17.2 Å². The summed E-state index contributed by atoms with van der Waals surface area (Å²) in [4.78, 5) is 25.5. The lowest BCUT2D eigenvalue weighted by Crippen LogP contribution is -2.21. The van der Waals surface area contributed by atoms with Gasteiger partial charge in [0.05, 0.1) is 35.6 Å². The van der Waals surface area contributed by atoms with E-state index >= 15 is 0 Å². The average molecular weight is 586 g/mol. The Labute approximate surface area is 253 Å². The molecule has 44 heavy (non-hydrogen) atoms. The molecular formula is C34H27N5O5. The number of amides is 1. The minimum Gasteiger partial charge on any atom is -0.497 e. The van der Waals surface area contributed by atoms with E-state index in [4.69, 9.17) is 19.7 Å². The highest BCUT2D eigenvalue weighted by atomic mass is 16.6. The van der Waals surface area contributed by atoms with Crippen LogP contribution in [0.3, 0.4) is 0 Å². The Morgan fingerprint density at radius 1 is 0.886 bits per heavy atom. The first-order valence-corrected chi connectivity index (χ1v) is 13.9. The molecule has 0 bridgehead atoms. The third kappa shape index (κ3) is 5.43. The number of rotatable bonds is 9. The molecule has 0 atom stereocenters. The number of nitrogens with zero attached hydrogens (tertiary/aromatic N) is 5. The number of aromatic nitrogens is 2. The Balaban J connectivity index is 1.53. The van der Waals surface area contributed by atoms with Crippen LogP contribution in [-0.4, -0.2) is 40.0 Å². The van der Waals surface area contributed by atoms with Crippen LogP contribution in [0.25, 0.3) is 23.0 Å². The molecule has 10 heteroatoms. The zero-order valence-corrected chi connectivity index (χ0v) is 24.0. The van der Waals surface area contributed by atoms with Gasteiger partial charge in [-0.2, -0.15) is 15.2 Å². The SMILES string of the molecule is CCOc1ccc(-c2nn(-c3ccccc3)cc2C=C2C(=O)N(c3ccccc3)N=C2c2ccc(OC)cc2)cc1[N+](=O)[O-].